The topological polar surface area (TPSA) is 70.0 Å². The summed E-state index contributed by atoms with van der Waals surface area (Å²) in [7, 11) is 1.36. The first-order chi connectivity index (χ1) is 11.8. The third-order valence-electron chi connectivity index (χ3n) is 3.51. The number of benzene rings is 2. The molecule has 0 bridgehead atoms. The van der Waals surface area contributed by atoms with Crippen LogP contribution in [0, 0.1) is 18.6 Å². The van der Waals surface area contributed by atoms with Crippen molar-refractivity contribution in [3.05, 3.63) is 70.3 Å². The number of hydrazone groups is 1. The molecule has 0 atom stereocenters. The Labute approximate surface area is 143 Å². The van der Waals surface area contributed by atoms with Gasteiger partial charge in [0.25, 0.3) is 5.91 Å². The Morgan fingerprint density at radius 3 is 2.48 bits per heavy atom. The molecule has 0 aliphatic carbocycles. The number of carboxylic acids is 1. The van der Waals surface area contributed by atoms with E-state index in [-0.39, 0.29) is 23.1 Å². The highest BCUT2D eigenvalue weighted by Crippen LogP contribution is 2.13. The third-order valence-corrected chi connectivity index (χ3v) is 3.51. The number of nitrogens with zero attached hydrogens (tertiary/aromatic N) is 2. The van der Waals surface area contributed by atoms with E-state index < -0.39 is 23.5 Å². The van der Waals surface area contributed by atoms with E-state index in [2.05, 4.69) is 5.10 Å². The van der Waals surface area contributed by atoms with Crippen molar-refractivity contribution in [2.45, 2.75) is 13.3 Å². The number of rotatable bonds is 5. The molecule has 7 heteroatoms. The van der Waals surface area contributed by atoms with E-state index in [1.165, 1.54) is 37.5 Å². The fourth-order valence-corrected chi connectivity index (χ4v) is 2.13. The van der Waals surface area contributed by atoms with Crippen LogP contribution in [0.25, 0.3) is 0 Å². The summed E-state index contributed by atoms with van der Waals surface area (Å²) < 4.78 is 27.6. The average molecular weight is 346 g/mol. The lowest BCUT2D eigenvalue weighted by Gasteiger charge is -2.11. The summed E-state index contributed by atoms with van der Waals surface area (Å²) in [5.41, 5.74) is 0.666. The van der Waals surface area contributed by atoms with Crippen molar-refractivity contribution in [3.63, 3.8) is 0 Å². The molecule has 0 aliphatic heterocycles. The van der Waals surface area contributed by atoms with Crippen LogP contribution >= 0.6 is 0 Å². The molecule has 5 nitrogen and oxygen atoms in total. The van der Waals surface area contributed by atoms with Gasteiger partial charge in [-0.3, -0.25) is 4.79 Å². The fraction of sp³-hybridized carbons (Fsp3) is 0.167. The van der Waals surface area contributed by atoms with Crippen LogP contribution in [0.5, 0.6) is 0 Å². The predicted octanol–water partition coefficient (Wildman–Crippen LogP) is 3.27. The molecule has 0 aliphatic rings. The van der Waals surface area contributed by atoms with Crippen molar-refractivity contribution >= 4 is 18.1 Å². The molecule has 2 aromatic rings. The molecule has 2 aromatic carbocycles. The second-order valence-corrected chi connectivity index (χ2v) is 5.43. The summed E-state index contributed by atoms with van der Waals surface area (Å²) in [5.74, 6) is -3.16. The largest absolute Gasteiger partial charge is 0.478 e. The monoisotopic (exact) mass is 346 g/mol. The van der Waals surface area contributed by atoms with Crippen molar-refractivity contribution in [2.75, 3.05) is 7.05 Å². The van der Waals surface area contributed by atoms with Crippen LogP contribution in [0.1, 0.15) is 31.8 Å². The minimum Gasteiger partial charge on any atom is -0.478 e. The van der Waals surface area contributed by atoms with Crippen LogP contribution < -0.4 is 0 Å². The molecule has 0 aromatic heterocycles. The zero-order valence-corrected chi connectivity index (χ0v) is 13.7. The van der Waals surface area contributed by atoms with Crippen molar-refractivity contribution in [2.24, 2.45) is 5.10 Å². The van der Waals surface area contributed by atoms with E-state index >= 15 is 0 Å². The smallest absolute Gasteiger partial charge is 0.335 e. The van der Waals surface area contributed by atoms with Crippen molar-refractivity contribution in [1.29, 1.82) is 0 Å². The number of carbonyl (C=O) groups excluding carboxylic acids is 1. The Morgan fingerprint density at radius 2 is 1.88 bits per heavy atom. The first-order valence-corrected chi connectivity index (χ1v) is 7.38. The molecule has 0 spiro atoms. The molecule has 130 valence electrons. The van der Waals surface area contributed by atoms with Gasteiger partial charge in [-0.25, -0.2) is 18.6 Å². The zero-order valence-electron chi connectivity index (χ0n) is 13.7. The number of aryl methyl sites for hydroxylation is 1. The quantitative estimate of drug-likeness (QED) is 0.667. The van der Waals surface area contributed by atoms with Gasteiger partial charge in [-0.1, -0.05) is 12.1 Å². The van der Waals surface area contributed by atoms with Crippen LogP contribution in [0.2, 0.25) is 0 Å². The molecule has 0 saturated heterocycles. The van der Waals surface area contributed by atoms with E-state index in [1.807, 2.05) is 0 Å². The normalized spacial score (nSPS) is 10.9. The molecule has 1 N–H and O–H groups in total. The average Bonchev–Trinajstić information content (AvgIpc) is 2.55. The number of carbonyl (C=O) groups is 2. The highest BCUT2D eigenvalue weighted by molar-refractivity contribution is 5.94. The Kier molecular flexibility index (Phi) is 5.59. The summed E-state index contributed by atoms with van der Waals surface area (Å²) in [6.45, 7) is 1.71. The SMILES string of the molecule is Cc1ccc(C(=O)N(C)/N=C/Cc2ccc(C(=O)O)cc2F)c(F)c1. The maximum atomic E-state index is 13.8. The van der Waals surface area contributed by atoms with E-state index in [4.69, 9.17) is 5.11 Å². The van der Waals surface area contributed by atoms with Gasteiger partial charge in [-0.15, -0.1) is 0 Å². The van der Waals surface area contributed by atoms with Gasteiger partial charge in [-0.2, -0.15) is 5.10 Å². The first kappa shape index (κ1) is 18.3. The number of carboxylic acid groups (broad SMARTS) is 1. The number of amides is 1. The number of hydrogen-bond donors (Lipinski definition) is 1. The number of hydrogen-bond acceptors (Lipinski definition) is 3. The Balaban J connectivity index is 2.06. The zero-order chi connectivity index (χ0) is 18.6. The minimum absolute atomic E-state index is 0.0553. The molecule has 0 radical (unpaired) electrons. The molecule has 2 rings (SSSR count). The van der Waals surface area contributed by atoms with Crippen molar-refractivity contribution in [1.82, 2.24) is 5.01 Å². The lowest BCUT2D eigenvalue weighted by Crippen LogP contribution is -2.22. The molecule has 0 unspecified atom stereocenters. The summed E-state index contributed by atoms with van der Waals surface area (Å²) in [6, 6.07) is 7.79. The van der Waals surface area contributed by atoms with Gasteiger partial charge in [-0.05, 0) is 42.3 Å². The maximum Gasteiger partial charge on any atom is 0.335 e. The molecule has 25 heavy (non-hydrogen) atoms. The second kappa shape index (κ2) is 7.65. The van der Waals surface area contributed by atoms with Crippen LogP contribution in [0.4, 0.5) is 8.78 Å². The van der Waals surface area contributed by atoms with Gasteiger partial charge < -0.3 is 5.11 Å². The van der Waals surface area contributed by atoms with E-state index in [1.54, 1.807) is 13.0 Å². The second-order valence-electron chi connectivity index (χ2n) is 5.43. The van der Waals surface area contributed by atoms with Crippen molar-refractivity contribution in [3.8, 4) is 0 Å². The van der Waals surface area contributed by atoms with Gasteiger partial charge in [0, 0.05) is 19.7 Å². The van der Waals surface area contributed by atoms with Gasteiger partial charge in [0.2, 0.25) is 0 Å². The number of aromatic carboxylic acids is 1. The van der Waals surface area contributed by atoms with Crippen LogP contribution in [-0.4, -0.2) is 35.3 Å². The maximum absolute atomic E-state index is 13.8. The molecule has 0 heterocycles. The van der Waals surface area contributed by atoms with Gasteiger partial charge >= 0.3 is 5.97 Å². The Morgan fingerprint density at radius 1 is 1.16 bits per heavy atom. The van der Waals surface area contributed by atoms with Crippen LogP contribution in [-0.2, 0) is 6.42 Å². The summed E-state index contributed by atoms with van der Waals surface area (Å²) in [5, 5.41) is 13.6. The highest BCUT2D eigenvalue weighted by Gasteiger charge is 2.15. The molecule has 0 fully saturated rings. The Bertz CT molecular complexity index is 850. The number of halogens is 2. The highest BCUT2D eigenvalue weighted by atomic mass is 19.1. The van der Waals surface area contributed by atoms with E-state index in [9.17, 15) is 18.4 Å². The fourth-order valence-electron chi connectivity index (χ4n) is 2.13. The van der Waals surface area contributed by atoms with Gasteiger partial charge in [0.05, 0.1) is 11.1 Å². The molecule has 1 amide bonds. The standard InChI is InChI=1S/C18H16F2N2O3/c1-11-3-6-14(16(20)9-11)17(23)22(2)21-8-7-12-4-5-13(18(24)25)10-15(12)19/h3-6,8-10H,7H2,1-2H3,(H,24,25)/b21-8+. The minimum atomic E-state index is -1.22. The molecular weight excluding hydrogens is 330 g/mol. The van der Waals surface area contributed by atoms with E-state index in [0.29, 0.717) is 5.56 Å². The molecule has 0 saturated carbocycles. The van der Waals surface area contributed by atoms with Crippen LogP contribution in [0.3, 0.4) is 0 Å². The lowest BCUT2D eigenvalue weighted by molar-refractivity contribution is 0.0695. The van der Waals surface area contributed by atoms with Crippen LogP contribution in [0.15, 0.2) is 41.5 Å². The first-order valence-electron chi connectivity index (χ1n) is 7.38. The van der Waals surface area contributed by atoms with Crippen molar-refractivity contribution < 1.29 is 23.5 Å². The molecular formula is C18H16F2N2O3. The predicted molar refractivity (Wildman–Crippen MR) is 88.8 cm³/mol. The summed E-state index contributed by atoms with van der Waals surface area (Å²) in [6.07, 6.45) is 1.35. The summed E-state index contributed by atoms with van der Waals surface area (Å²) in [4.78, 5) is 22.9. The third kappa shape index (κ3) is 4.47. The Hall–Kier alpha value is -3.09. The van der Waals surface area contributed by atoms with Gasteiger partial charge in [0.15, 0.2) is 0 Å². The van der Waals surface area contributed by atoms with E-state index in [0.717, 1.165) is 11.1 Å². The summed E-state index contributed by atoms with van der Waals surface area (Å²) >= 11 is 0. The lowest BCUT2D eigenvalue weighted by atomic mass is 10.1. The van der Waals surface area contributed by atoms with Gasteiger partial charge in [0.1, 0.15) is 11.6 Å².